The Morgan fingerprint density at radius 2 is 1.38 bits per heavy atom. The van der Waals surface area contributed by atoms with E-state index in [-0.39, 0.29) is 24.0 Å². The minimum absolute atomic E-state index is 0.0212. The average Bonchev–Trinajstić information content (AvgIpc) is 2.40. The Kier molecular flexibility index (Phi) is 6.66. The van der Waals surface area contributed by atoms with Crippen molar-refractivity contribution in [2.24, 2.45) is 0 Å². The highest BCUT2D eigenvalue weighted by atomic mass is 19.4. The Hall–Kier alpha value is -1.58. The van der Waals surface area contributed by atoms with Gasteiger partial charge in [-0.25, -0.2) is 4.39 Å². The zero-order valence-electron chi connectivity index (χ0n) is 12.3. The van der Waals surface area contributed by atoms with Gasteiger partial charge < -0.3 is 0 Å². The SMILES string of the molecule is C/C=C/CCc1ccc(CC/C=C/C)c(C(F)(F)F)c1F. The minimum atomic E-state index is -4.66. The van der Waals surface area contributed by atoms with E-state index in [9.17, 15) is 17.6 Å². The molecule has 0 aliphatic carbocycles. The van der Waals surface area contributed by atoms with Crippen LogP contribution in [0.5, 0.6) is 0 Å². The van der Waals surface area contributed by atoms with E-state index in [0.29, 0.717) is 12.8 Å². The van der Waals surface area contributed by atoms with E-state index in [1.807, 2.05) is 13.0 Å². The van der Waals surface area contributed by atoms with Crippen molar-refractivity contribution in [2.75, 3.05) is 0 Å². The zero-order valence-corrected chi connectivity index (χ0v) is 12.3. The molecule has 116 valence electrons. The molecule has 0 unspecified atom stereocenters. The van der Waals surface area contributed by atoms with Crippen molar-refractivity contribution in [1.82, 2.24) is 0 Å². The number of alkyl halides is 3. The summed E-state index contributed by atoms with van der Waals surface area (Å²) >= 11 is 0. The van der Waals surface area contributed by atoms with Crippen molar-refractivity contribution < 1.29 is 17.6 Å². The van der Waals surface area contributed by atoms with Crippen molar-refractivity contribution in [3.8, 4) is 0 Å². The van der Waals surface area contributed by atoms with E-state index >= 15 is 0 Å². The molecule has 0 aliphatic rings. The molecule has 0 spiro atoms. The highest BCUT2D eigenvalue weighted by Crippen LogP contribution is 2.36. The molecule has 1 rings (SSSR count). The second-order valence-electron chi connectivity index (χ2n) is 4.79. The first-order valence-corrected chi connectivity index (χ1v) is 7.01. The van der Waals surface area contributed by atoms with Crippen LogP contribution in [0, 0.1) is 5.82 Å². The van der Waals surface area contributed by atoms with Crippen LogP contribution in [-0.2, 0) is 19.0 Å². The van der Waals surface area contributed by atoms with Crippen molar-refractivity contribution in [3.05, 3.63) is 58.9 Å². The summed E-state index contributed by atoms with van der Waals surface area (Å²) in [4.78, 5) is 0. The van der Waals surface area contributed by atoms with Crippen LogP contribution in [0.1, 0.15) is 43.4 Å². The number of hydrogen-bond acceptors (Lipinski definition) is 0. The van der Waals surface area contributed by atoms with Gasteiger partial charge >= 0.3 is 6.18 Å². The van der Waals surface area contributed by atoms with Crippen molar-refractivity contribution in [1.29, 1.82) is 0 Å². The molecule has 0 N–H and O–H groups in total. The summed E-state index contributed by atoms with van der Waals surface area (Å²) < 4.78 is 53.5. The van der Waals surface area contributed by atoms with Gasteiger partial charge in [-0.1, -0.05) is 36.4 Å². The lowest BCUT2D eigenvalue weighted by Gasteiger charge is -2.16. The van der Waals surface area contributed by atoms with Gasteiger partial charge in [0.15, 0.2) is 0 Å². The van der Waals surface area contributed by atoms with Crippen LogP contribution in [0.3, 0.4) is 0 Å². The summed E-state index contributed by atoms with van der Waals surface area (Å²) in [6.07, 6.45) is 3.96. The fourth-order valence-corrected chi connectivity index (χ4v) is 2.18. The van der Waals surface area contributed by atoms with Gasteiger partial charge in [0, 0.05) is 0 Å². The quantitative estimate of drug-likeness (QED) is 0.456. The van der Waals surface area contributed by atoms with Crippen LogP contribution in [0.4, 0.5) is 17.6 Å². The molecule has 0 atom stereocenters. The Morgan fingerprint density at radius 3 is 1.86 bits per heavy atom. The van der Waals surface area contributed by atoms with Crippen LogP contribution in [0.25, 0.3) is 0 Å². The minimum Gasteiger partial charge on any atom is -0.206 e. The number of allylic oxidation sites excluding steroid dienone is 4. The largest absolute Gasteiger partial charge is 0.419 e. The van der Waals surface area contributed by atoms with Gasteiger partial charge in [-0.05, 0) is 50.7 Å². The van der Waals surface area contributed by atoms with E-state index in [2.05, 4.69) is 0 Å². The van der Waals surface area contributed by atoms with Gasteiger partial charge in [0.2, 0.25) is 0 Å². The molecule has 21 heavy (non-hydrogen) atoms. The predicted molar refractivity (Wildman–Crippen MR) is 77.7 cm³/mol. The first-order chi connectivity index (χ1) is 9.91. The molecular formula is C17H20F4. The number of benzene rings is 1. The normalized spacial score (nSPS) is 12.7. The maximum absolute atomic E-state index is 14.2. The third kappa shape index (κ3) is 5.03. The predicted octanol–water partition coefficient (Wildman–Crippen LogP) is 5.86. The van der Waals surface area contributed by atoms with Gasteiger partial charge in [-0.3, -0.25) is 0 Å². The van der Waals surface area contributed by atoms with Crippen molar-refractivity contribution in [2.45, 2.75) is 45.7 Å². The van der Waals surface area contributed by atoms with E-state index in [1.54, 1.807) is 25.2 Å². The molecule has 1 aromatic carbocycles. The highest BCUT2D eigenvalue weighted by molar-refractivity contribution is 5.36. The van der Waals surface area contributed by atoms with Gasteiger partial charge in [0.1, 0.15) is 5.82 Å². The molecular weight excluding hydrogens is 280 g/mol. The summed E-state index contributed by atoms with van der Waals surface area (Å²) in [6.45, 7) is 3.62. The maximum atomic E-state index is 14.2. The molecule has 0 nitrogen and oxygen atoms in total. The second-order valence-corrected chi connectivity index (χ2v) is 4.79. The lowest BCUT2D eigenvalue weighted by Crippen LogP contribution is -2.14. The van der Waals surface area contributed by atoms with Crippen LogP contribution < -0.4 is 0 Å². The maximum Gasteiger partial charge on any atom is 0.419 e. The summed E-state index contributed by atoms with van der Waals surface area (Å²) in [5, 5.41) is 0. The van der Waals surface area contributed by atoms with Crippen LogP contribution in [-0.4, -0.2) is 0 Å². The van der Waals surface area contributed by atoms with E-state index in [1.165, 1.54) is 12.1 Å². The topological polar surface area (TPSA) is 0 Å². The van der Waals surface area contributed by atoms with E-state index in [4.69, 9.17) is 0 Å². The molecule has 0 bridgehead atoms. The fourth-order valence-electron chi connectivity index (χ4n) is 2.18. The molecule has 0 saturated carbocycles. The van der Waals surface area contributed by atoms with Gasteiger partial charge in [-0.2, -0.15) is 13.2 Å². The summed E-state index contributed by atoms with van der Waals surface area (Å²) in [7, 11) is 0. The molecule has 0 fully saturated rings. The third-order valence-corrected chi connectivity index (χ3v) is 3.22. The molecule has 4 heteroatoms. The molecule has 1 aromatic rings. The first-order valence-electron chi connectivity index (χ1n) is 7.01. The summed E-state index contributed by atoms with van der Waals surface area (Å²) in [6, 6.07) is 2.87. The second kappa shape index (κ2) is 8.01. The number of hydrogen-bond donors (Lipinski definition) is 0. The van der Waals surface area contributed by atoms with Crippen LogP contribution in [0.2, 0.25) is 0 Å². The Labute approximate surface area is 123 Å². The number of aryl methyl sites for hydroxylation is 2. The third-order valence-electron chi connectivity index (χ3n) is 3.22. The molecule has 0 aromatic heterocycles. The van der Waals surface area contributed by atoms with E-state index in [0.717, 1.165) is 0 Å². The molecule has 0 heterocycles. The molecule has 0 amide bonds. The zero-order chi connectivity index (χ0) is 15.9. The summed E-state index contributed by atoms with van der Waals surface area (Å²) in [5.74, 6) is -1.12. The van der Waals surface area contributed by atoms with Gasteiger partial charge in [-0.15, -0.1) is 0 Å². The lowest BCUT2D eigenvalue weighted by atomic mass is 9.96. The summed E-state index contributed by atoms with van der Waals surface area (Å²) in [5.41, 5.74) is -0.965. The van der Waals surface area contributed by atoms with Crippen LogP contribution >= 0.6 is 0 Å². The first kappa shape index (κ1) is 17.5. The van der Waals surface area contributed by atoms with Gasteiger partial charge in [0.05, 0.1) is 5.56 Å². The standard InChI is InChI=1S/C17H20F4/c1-3-5-7-9-13-11-12-14(10-8-6-4-2)16(18)15(13)17(19,20)21/h3-6,11-12H,7-10H2,1-2H3/b5-3+,6-4+. The Bertz CT molecular complexity index is 510. The molecule has 0 radical (unpaired) electrons. The van der Waals surface area contributed by atoms with Crippen LogP contribution in [0.15, 0.2) is 36.4 Å². The Balaban J connectivity index is 3.13. The molecule has 0 aliphatic heterocycles. The average molecular weight is 300 g/mol. The monoisotopic (exact) mass is 300 g/mol. The van der Waals surface area contributed by atoms with Gasteiger partial charge in [0.25, 0.3) is 0 Å². The Morgan fingerprint density at radius 1 is 0.905 bits per heavy atom. The fraction of sp³-hybridized carbons (Fsp3) is 0.412. The van der Waals surface area contributed by atoms with Crippen molar-refractivity contribution in [3.63, 3.8) is 0 Å². The van der Waals surface area contributed by atoms with Crippen molar-refractivity contribution >= 4 is 0 Å². The smallest absolute Gasteiger partial charge is 0.206 e. The molecule has 0 saturated heterocycles. The number of halogens is 4. The number of rotatable bonds is 6. The highest BCUT2D eigenvalue weighted by Gasteiger charge is 2.37. The van der Waals surface area contributed by atoms with E-state index < -0.39 is 17.6 Å². The lowest BCUT2D eigenvalue weighted by molar-refractivity contribution is -0.140.